The number of hydrogen-bond acceptors (Lipinski definition) is 1. The van der Waals surface area contributed by atoms with E-state index in [-0.39, 0.29) is 37.7 Å². The van der Waals surface area contributed by atoms with Crippen LogP contribution in [0.25, 0.3) is 0 Å². The predicted octanol–water partition coefficient (Wildman–Crippen LogP) is 2.10. The molecular weight excluding hydrogens is 234 g/mol. The van der Waals surface area contributed by atoms with E-state index < -0.39 is 0 Å². The van der Waals surface area contributed by atoms with Gasteiger partial charge in [0.05, 0.1) is 0 Å². The first-order chi connectivity index (χ1) is 7.95. The minimum atomic E-state index is 0. The molecule has 0 saturated heterocycles. The number of nitrogens with one attached hydrogen (secondary N) is 1. The molecule has 0 radical (unpaired) electrons. The Labute approximate surface area is 133 Å². The molecule has 0 unspecified atom stereocenters. The Morgan fingerprint density at radius 2 is 1.24 bits per heavy atom. The van der Waals surface area contributed by atoms with E-state index in [1.165, 1.54) is 11.1 Å². The van der Waals surface area contributed by atoms with E-state index in [4.69, 9.17) is 0 Å². The van der Waals surface area contributed by atoms with Gasteiger partial charge in [0.15, 0.2) is 0 Å². The van der Waals surface area contributed by atoms with Gasteiger partial charge in [0.1, 0.15) is 0 Å². The van der Waals surface area contributed by atoms with Crippen molar-refractivity contribution >= 4 is 37.7 Å². The third-order valence-corrected chi connectivity index (χ3v) is 2.61. The summed E-state index contributed by atoms with van der Waals surface area (Å²) in [6.07, 6.45) is 1.09. The molecule has 0 spiro atoms. The van der Waals surface area contributed by atoms with E-state index in [0.29, 0.717) is 0 Å². The van der Waals surface area contributed by atoms with Crippen LogP contribution in [0.1, 0.15) is 11.1 Å². The van der Waals surface area contributed by atoms with Gasteiger partial charge in [-0.05, 0) is 24.1 Å². The van der Waals surface area contributed by atoms with E-state index in [2.05, 4.69) is 59.9 Å². The van der Waals surface area contributed by atoms with Crippen LogP contribution in [-0.2, 0) is 13.0 Å². The van der Waals surface area contributed by atoms with Gasteiger partial charge < -0.3 is 5.32 Å². The Kier molecular flexibility index (Phi) is 7.54. The molecule has 2 rings (SSSR count). The minimum absolute atomic E-state index is 0. The molecule has 0 aliphatic heterocycles. The number of hydrogen-bond donors (Lipinski definition) is 1. The molecule has 0 bridgehead atoms. The largest absolute Gasteiger partial charge is 0.312 e. The van der Waals surface area contributed by atoms with Crippen LogP contribution in [-0.4, -0.2) is 44.3 Å². The van der Waals surface area contributed by atoms with Gasteiger partial charge >= 0.3 is 37.7 Å². The van der Waals surface area contributed by atoms with Gasteiger partial charge in [-0.2, -0.15) is 0 Å². The molecule has 0 atom stereocenters. The molecule has 1 nitrogen and oxygen atoms in total. The average molecular weight is 253 g/mol. The van der Waals surface area contributed by atoms with Crippen LogP contribution in [0.5, 0.6) is 0 Å². The smallest absolute Gasteiger partial charge is 0.0205 e. The SMILES string of the molecule is [CaH2].c1ccc(CCNCc2ccccc2)cc1. The van der Waals surface area contributed by atoms with Crippen molar-refractivity contribution in [1.29, 1.82) is 0 Å². The fourth-order valence-electron chi connectivity index (χ4n) is 1.71. The summed E-state index contributed by atoms with van der Waals surface area (Å²) in [6, 6.07) is 21.1. The van der Waals surface area contributed by atoms with Crippen molar-refractivity contribution in [3.8, 4) is 0 Å². The summed E-state index contributed by atoms with van der Waals surface area (Å²) in [6.45, 7) is 1.98. The topological polar surface area (TPSA) is 12.0 Å². The molecular formula is C15H19CaN. The molecule has 0 fully saturated rings. The average Bonchev–Trinajstić information content (AvgIpc) is 2.37. The monoisotopic (exact) mass is 253 g/mol. The maximum absolute atomic E-state index is 3.45. The summed E-state index contributed by atoms with van der Waals surface area (Å²) in [5.74, 6) is 0. The zero-order valence-corrected chi connectivity index (χ0v) is 9.39. The summed E-state index contributed by atoms with van der Waals surface area (Å²) in [5, 5.41) is 3.45. The standard InChI is InChI=1S/C15H17N.Ca.2H/c1-3-7-14(8-4-1)11-12-16-13-15-9-5-2-6-10-15;;;/h1-10,16H,11-13H2;;;. The first-order valence-corrected chi connectivity index (χ1v) is 5.74. The van der Waals surface area contributed by atoms with Crippen LogP contribution >= 0.6 is 0 Å². The van der Waals surface area contributed by atoms with Gasteiger partial charge in [0, 0.05) is 6.54 Å². The summed E-state index contributed by atoms with van der Waals surface area (Å²) in [5.41, 5.74) is 2.73. The van der Waals surface area contributed by atoms with Crippen LogP contribution in [0.15, 0.2) is 60.7 Å². The first-order valence-electron chi connectivity index (χ1n) is 5.74. The fourth-order valence-corrected chi connectivity index (χ4v) is 1.71. The van der Waals surface area contributed by atoms with Crippen LogP contribution in [0.3, 0.4) is 0 Å². The van der Waals surface area contributed by atoms with Crippen molar-refractivity contribution in [2.45, 2.75) is 13.0 Å². The summed E-state index contributed by atoms with van der Waals surface area (Å²) in [7, 11) is 0. The Morgan fingerprint density at radius 3 is 1.82 bits per heavy atom. The molecule has 0 amide bonds. The molecule has 2 heteroatoms. The second-order valence-corrected chi connectivity index (χ2v) is 3.90. The molecule has 0 aliphatic rings. The predicted molar refractivity (Wildman–Crippen MR) is 76.8 cm³/mol. The Bertz CT molecular complexity index is 358. The second-order valence-electron chi connectivity index (χ2n) is 3.90. The summed E-state index contributed by atoms with van der Waals surface area (Å²) < 4.78 is 0. The Morgan fingerprint density at radius 1 is 0.706 bits per heavy atom. The van der Waals surface area contributed by atoms with E-state index in [1.54, 1.807) is 0 Å². The zero-order valence-electron chi connectivity index (χ0n) is 9.39. The molecule has 17 heavy (non-hydrogen) atoms. The van der Waals surface area contributed by atoms with Crippen LogP contribution in [0, 0.1) is 0 Å². The van der Waals surface area contributed by atoms with Gasteiger partial charge in [-0.25, -0.2) is 0 Å². The number of benzene rings is 2. The summed E-state index contributed by atoms with van der Waals surface area (Å²) in [4.78, 5) is 0. The molecule has 0 aliphatic carbocycles. The molecule has 0 heterocycles. The molecule has 0 saturated carbocycles. The minimum Gasteiger partial charge on any atom is -0.312 e. The summed E-state index contributed by atoms with van der Waals surface area (Å²) >= 11 is 0. The third-order valence-electron chi connectivity index (χ3n) is 2.61. The van der Waals surface area contributed by atoms with E-state index in [0.717, 1.165) is 19.5 Å². The Balaban J connectivity index is 0.00000144. The third kappa shape index (κ3) is 5.69. The molecule has 2 aromatic carbocycles. The van der Waals surface area contributed by atoms with Crippen molar-refractivity contribution in [2.24, 2.45) is 0 Å². The van der Waals surface area contributed by atoms with Gasteiger partial charge in [0.2, 0.25) is 0 Å². The van der Waals surface area contributed by atoms with E-state index in [9.17, 15) is 0 Å². The van der Waals surface area contributed by atoms with Crippen molar-refractivity contribution in [2.75, 3.05) is 6.54 Å². The van der Waals surface area contributed by atoms with Gasteiger partial charge in [-0.1, -0.05) is 60.7 Å². The molecule has 0 aromatic heterocycles. The van der Waals surface area contributed by atoms with Crippen molar-refractivity contribution in [3.63, 3.8) is 0 Å². The Hall–Kier alpha value is -0.340. The van der Waals surface area contributed by atoms with Crippen molar-refractivity contribution in [3.05, 3.63) is 71.8 Å². The van der Waals surface area contributed by atoms with Crippen molar-refractivity contribution in [1.82, 2.24) is 5.32 Å². The van der Waals surface area contributed by atoms with Gasteiger partial charge in [-0.15, -0.1) is 0 Å². The first kappa shape index (κ1) is 14.7. The van der Waals surface area contributed by atoms with E-state index in [1.807, 2.05) is 6.07 Å². The number of rotatable bonds is 5. The van der Waals surface area contributed by atoms with E-state index >= 15 is 0 Å². The quantitative estimate of drug-likeness (QED) is 0.635. The maximum Gasteiger partial charge on any atom is 0.0205 e. The van der Waals surface area contributed by atoms with Crippen LogP contribution in [0.2, 0.25) is 0 Å². The van der Waals surface area contributed by atoms with Gasteiger partial charge in [0.25, 0.3) is 0 Å². The van der Waals surface area contributed by atoms with Crippen LogP contribution < -0.4 is 5.32 Å². The zero-order chi connectivity index (χ0) is 11.1. The molecule has 1 N–H and O–H groups in total. The fraction of sp³-hybridized carbons (Fsp3) is 0.200. The molecule has 86 valence electrons. The van der Waals surface area contributed by atoms with Crippen molar-refractivity contribution < 1.29 is 0 Å². The normalized spacial score (nSPS) is 9.65. The van der Waals surface area contributed by atoms with Gasteiger partial charge in [-0.3, -0.25) is 0 Å². The van der Waals surface area contributed by atoms with Crippen LogP contribution in [0.4, 0.5) is 0 Å². The second kappa shape index (κ2) is 8.71. The maximum atomic E-state index is 3.45. The molecule has 2 aromatic rings.